The number of phenols is 1. The summed E-state index contributed by atoms with van der Waals surface area (Å²) in [6, 6.07) is 4.83. The molecule has 1 saturated carbocycles. The van der Waals surface area contributed by atoms with Gasteiger partial charge in [0.2, 0.25) is 0 Å². The van der Waals surface area contributed by atoms with Crippen LogP contribution in [0.15, 0.2) is 18.2 Å². The number of rotatable bonds is 3. The van der Waals surface area contributed by atoms with E-state index < -0.39 is 6.10 Å². The summed E-state index contributed by atoms with van der Waals surface area (Å²) in [7, 11) is 0. The molecule has 142 valence electrons. The van der Waals surface area contributed by atoms with Crippen molar-refractivity contribution in [3.63, 3.8) is 0 Å². The highest BCUT2D eigenvalue weighted by Gasteiger charge is 2.54. The van der Waals surface area contributed by atoms with Gasteiger partial charge >= 0.3 is 0 Å². The Hall–Kier alpha value is -1.93. The fourth-order valence-electron chi connectivity index (χ4n) is 3.98. The predicted molar refractivity (Wildman–Crippen MR) is 98.7 cm³/mol. The van der Waals surface area contributed by atoms with Crippen LogP contribution in [0.1, 0.15) is 30.4 Å². The Labute approximate surface area is 161 Å². The Morgan fingerprint density at radius 3 is 2.85 bits per heavy atom. The molecule has 27 heavy (non-hydrogen) atoms. The van der Waals surface area contributed by atoms with Crippen molar-refractivity contribution in [1.82, 2.24) is 10.2 Å². The maximum absolute atomic E-state index is 10.3. The molecule has 1 aromatic heterocycles. The van der Waals surface area contributed by atoms with Crippen LogP contribution in [0.2, 0.25) is 5.02 Å². The maximum atomic E-state index is 10.3. The number of nitrogens with zero attached hydrogens (tertiary/aromatic N) is 2. The van der Waals surface area contributed by atoms with Gasteiger partial charge in [0.15, 0.2) is 5.82 Å². The average molecular weight is 390 g/mol. The molecule has 3 heterocycles. The molecule has 8 heteroatoms. The van der Waals surface area contributed by atoms with Crippen molar-refractivity contribution < 1.29 is 19.7 Å². The number of halogens is 1. The number of fused-ring (bicyclic) bond motifs is 2. The van der Waals surface area contributed by atoms with E-state index in [4.69, 9.17) is 21.1 Å². The van der Waals surface area contributed by atoms with Crippen molar-refractivity contribution in [3.8, 4) is 17.0 Å². The van der Waals surface area contributed by atoms with Crippen LogP contribution in [0, 0.1) is 0 Å². The second kappa shape index (κ2) is 6.31. The third kappa shape index (κ3) is 2.86. The molecule has 0 bridgehead atoms. The van der Waals surface area contributed by atoms with E-state index in [1.165, 1.54) is 6.07 Å². The summed E-state index contributed by atoms with van der Waals surface area (Å²) in [5.41, 5.74) is 2.81. The van der Waals surface area contributed by atoms with E-state index in [1.54, 1.807) is 12.1 Å². The second-order valence-electron chi connectivity index (χ2n) is 7.38. The monoisotopic (exact) mass is 389 g/mol. The SMILES string of the molecule is Oc1cc(Cl)ccc1-c1nnc(N[C@@H]2CCOC[C@H]2O)c2c1COC21CC1. The number of nitrogens with one attached hydrogen (secondary N) is 1. The number of benzene rings is 1. The zero-order valence-electron chi connectivity index (χ0n) is 14.6. The molecule has 2 atom stereocenters. The first-order valence-electron chi connectivity index (χ1n) is 9.13. The fraction of sp³-hybridized carbons (Fsp3) is 0.474. The quantitative estimate of drug-likeness (QED) is 0.742. The van der Waals surface area contributed by atoms with E-state index in [0.29, 0.717) is 48.3 Å². The molecule has 1 spiro atoms. The highest BCUT2D eigenvalue weighted by molar-refractivity contribution is 6.30. The minimum atomic E-state index is -0.589. The number of anilines is 1. The van der Waals surface area contributed by atoms with Gasteiger partial charge < -0.3 is 25.0 Å². The molecule has 0 amide bonds. The zero-order valence-corrected chi connectivity index (χ0v) is 15.4. The Morgan fingerprint density at radius 2 is 2.11 bits per heavy atom. The van der Waals surface area contributed by atoms with E-state index in [2.05, 4.69) is 15.5 Å². The minimum Gasteiger partial charge on any atom is -0.507 e. The van der Waals surface area contributed by atoms with Gasteiger partial charge in [0.1, 0.15) is 11.4 Å². The standard InChI is InChI=1S/C19H20ClN3O4/c20-10-1-2-11(14(24)7-10)17-12-8-27-19(4-5-19)16(12)18(23-22-17)21-13-3-6-26-9-15(13)25/h1-2,7,13,15,24-25H,3-6,8-9H2,(H,21,23)/t13-,15-/m1/s1. The Morgan fingerprint density at radius 1 is 1.26 bits per heavy atom. The van der Waals surface area contributed by atoms with Crippen LogP contribution in [0.4, 0.5) is 5.82 Å². The van der Waals surface area contributed by atoms with Gasteiger partial charge in [-0.2, -0.15) is 0 Å². The lowest BCUT2D eigenvalue weighted by molar-refractivity contribution is -0.0136. The molecule has 2 aliphatic heterocycles. The van der Waals surface area contributed by atoms with Crippen molar-refractivity contribution in [3.05, 3.63) is 34.3 Å². The van der Waals surface area contributed by atoms with Gasteiger partial charge in [0.05, 0.1) is 31.0 Å². The number of aliphatic hydroxyl groups excluding tert-OH is 1. The topological polar surface area (TPSA) is 96.7 Å². The Balaban J connectivity index is 1.58. The molecule has 1 aromatic carbocycles. The van der Waals surface area contributed by atoms with Gasteiger partial charge in [-0.15, -0.1) is 10.2 Å². The molecule has 0 radical (unpaired) electrons. The summed E-state index contributed by atoms with van der Waals surface area (Å²) in [4.78, 5) is 0. The van der Waals surface area contributed by atoms with Crippen LogP contribution in [0.5, 0.6) is 5.75 Å². The molecular weight excluding hydrogens is 370 g/mol. The second-order valence-corrected chi connectivity index (χ2v) is 7.81. The number of ether oxygens (including phenoxy) is 2. The summed E-state index contributed by atoms with van der Waals surface area (Å²) in [6.07, 6.45) is 1.98. The first kappa shape index (κ1) is 17.2. The average Bonchev–Trinajstić information content (AvgIpc) is 3.32. The molecule has 3 aliphatic rings. The number of phenolic OH excluding ortho intramolecular Hbond substituents is 1. The number of hydrogen-bond acceptors (Lipinski definition) is 7. The Kier molecular flexibility index (Phi) is 4.01. The van der Waals surface area contributed by atoms with Crippen LogP contribution < -0.4 is 5.32 Å². The normalized spacial score (nSPS) is 25.4. The molecule has 7 nitrogen and oxygen atoms in total. The fourth-order valence-corrected chi connectivity index (χ4v) is 4.15. The van der Waals surface area contributed by atoms with Crippen molar-refractivity contribution >= 4 is 17.4 Å². The van der Waals surface area contributed by atoms with Gasteiger partial charge in [-0.3, -0.25) is 0 Å². The lowest BCUT2D eigenvalue weighted by atomic mass is 9.98. The maximum Gasteiger partial charge on any atom is 0.155 e. The third-order valence-corrected chi connectivity index (χ3v) is 5.83. The van der Waals surface area contributed by atoms with Crippen molar-refractivity contribution in [2.24, 2.45) is 0 Å². The summed E-state index contributed by atoms with van der Waals surface area (Å²) in [5.74, 6) is 0.722. The molecule has 1 aliphatic carbocycles. The van der Waals surface area contributed by atoms with E-state index in [1.807, 2.05) is 0 Å². The summed E-state index contributed by atoms with van der Waals surface area (Å²) in [5, 5.41) is 33.2. The van der Waals surface area contributed by atoms with Crippen molar-refractivity contribution in [1.29, 1.82) is 0 Å². The first-order chi connectivity index (χ1) is 13.1. The summed E-state index contributed by atoms with van der Waals surface area (Å²) in [6.45, 7) is 1.33. The molecule has 5 rings (SSSR count). The summed E-state index contributed by atoms with van der Waals surface area (Å²) >= 11 is 5.96. The number of hydrogen-bond donors (Lipinski definition) is 3. The molecule has 0 unspecified atom stereocenters. The molecule has 3 N–H and O–H groups in total. The van der Waals surface area contributed by atoms with Crippen molar-refractivity contribution in [2.45, 2.75) is 43.6 Å². The third-order valence-electron chi connectivity index (χ3n) is 5.59. The van der Waals surface area contributed by atoms with Gasteiger partial charge in [-0.05, 0) is 37.5 Å². The van der Waals surface area contributed by atoms with Gasteiger partial charge in [-0.1, -0.05) is 11.6 Å². The lowest BCUT2D eigenvalue weighted by Gasteiger charge is -2.29. The van der Waals surface area contributed by atoms with Crippen LogP contribution in [-0.2, 0) is 21.7 Å². The highest BCUT2D eigenvalue weighted by Crippen LogP contribution is 2.58. The molecular formula is C19H20ClN3O4. The van der Waals surface area contributed by atoms with Crippen LogP contribution in [0.25, 0.3) is 11.3 Å². The molecule has 1 saturated heterocycles. The van der Waals surface area contributed by atoms with Crippen molar-refractivity contribution in [2.75, 3.05) is 18.5 Å². The van der Waals surface area contributed by atoms with Gasteiger partial charge in [0, 0.05) is 28.3 Å². The van der Waals surface area contributed by atoms with E-state index >= 15 is 0 Å². The molecule has 2 aromatic rings. The number of aromatic nitrogens is 2. The van der Waals surface area contributed by atoms with E-state index in [0.717, 1.165) is 24.0 Å². The van der Waals surface area contributed by atoms with Gasteiger partial charge in [-0.25, -0.2) is 0 Å². The highest BCUT2D eigenvalue weighted by atomic mass is 35.5. The van der Waals surface area contributed by atoms with Gasteiger partial charge in [0.25, 0.3) is 0 Å². The smallest absolute Gasteiger partial charge is 0.155 e. The summed E-state index contributed by atoms with van der Waals surface area (Å²) < 4.78 is 11.4. The number of aliphatic hydroxyl groups is 1. The van der Waals surface area contributed by atoms with E-state index in [-0.39, 0.29) is 17.4 Å². The van der Waals surface area contributed by atoms with Crippen LogP contribution in [-0.4, -0.2) is 45.8 Å². The predicted octanol–water partition coefficient (Wildman–Crippen LogP) is 2.58. The largest absolute Gasteiger partial charge is 0.507 e. The van der Waals surface area contributed by atoms with Crippen LogP contribution in [0.3, 0.4) is 0 Å². The number of aromatic hydroxyl groups is 1. The Bertz CT molecular complexity index is 903. The minimum absolute atomic E-state index is 0.0660. The van der Waals surface area contributed by atoms with Crippen LogP contribution >= 0.6 is 11.6 Å². The first-order valence-corrected chi connectivity index (χ1v) is 9.50. The van der Waals surface area contributed by atoms with E-state index in [9.17, 15) is 10.2 Å². The zero-order chi connectivity index (χ0) is 18.6. The lowest BCUT2D eigenvalue weighted by Crippen LogP contribution is -2.42. The molecule has 2 fully saturated rings.